The largest absolute Gasteiger partial charge is 0.491 e. The summed E-state index contributed by atoms with van der Waals surface area (Å²) in [7, 11) is 0. The van der Waals surface area contributed by atoms with Crippen LogP contribution < -0.4 is 10.2 Å². The average Bonchev–Trinajstić information content (AvgIpc) is 2.57. The van der Waals surface area contributed by atoms with Crippen LogP contribution in [0.1, 0.15) is 35.6 Å². The van der Waals surface area contributed by atoms with Crippen molar-refractivity contribution in [2.24, 2.45) is 5.10 Å². The molecule has 0 aliphatic heterocycles. The van der Waals surface area contributed by atoms with Crippen LogP contribution in [-0.2, 0) is 11.2 Å². The van der Waals surface area contributed by atoms with Gasteiger partial charge in [0, 0.05) is 0 Å². The molecule has 138 valence electrons. The van der Waals surface area contributed by atoms with Crippen LogP contribution in [0.2, 0.25) is 0 Å². The van der Waals surface area contributed by atoms with Gasteiger partial charge in [-0.1, -0.05) is 30.7 Å². The monoisotopic (exact) mass is 480 g/mol. The SMILES string of the molecule is CCCOc1c(Br)cc(/C=N\NC(=O)Cc2ccc(C)cc2C)cc1Br. The second kappa shape index (κ2) is 9.88. The number of rotatable bonds is 7. The lowest BCUT2D eigenvalue weighted by Gasteiger charge is -2.10. The second-order valence-corrected chi connectivity index (χ2v) is 7.77. The van der Waals surface area contributed by atoms with Crippen molar-refractivity contribution in [2.45, 2.75) is 33.6 Å². The van der Waals surface area contributed by atoms with Gasteiger partial charge in [-0.15, -0.1) is 0 Å². The quantitative estimate of drug-likeness (QED) is 0.430. The summed E-state index contributed by atoms with van der Waals surface area (Å²) >= 11 is 7.01. The van der Waals surface area contributed by atoms with E-state index in [1.807, 2.05) is 38.1 Å². The van der Waals surface area contributed by atoms with Crippen LogP contribution in [0.3, 0.4) is 0 Å². The van der Waals surface area contributed by atoms with Crippen LogP contribution in [0.15, 0.2) is 44.4 Å². The lowest BCUT2D eigenvalue weighted by atomic mass is 10.0. The molecule has 0 saturated carbocycles. The Morgan fingerprint density at radius 2 is 1.88 bits per heavy atom. The lowest BCUT2D eigenvalue weighted by Crippen LogP contribution is -2.20. The highest BCUT2D eigenvalue weighted by Crippen LogP contribution is 2.34. The van der Waals surface area contributed by atoms with E-state index in [2.05, 4.69) is 55.4 Å². The molecule has 0 aliphatic carbocycles. The fraction of sp³-hybridized carbons (Fsp3) is 0.300. The zero-order chi connectivity index (χ0) is 19.1. The van der Waals surface area contributed by atoms with Crippen molar-refractivity contribution in [1.29, 1.82) is 0 Å². The van der Waals surface area contributed by atoms with Crippen LogP contribution in [-0.4, -0.2) is 18.7 Å². The van der Waals surface area contributed by atoms with Gasteiger partial charge in [0.25, 0.3) is 0 Å². The number of carbonyl (C=O) groups excluding carboxylic acids is 1. The van der Waals surface area contributed by atoms with E-state index in [0.29, 0.717) is 13.0 Å². The molecule has 0 saturated heterocycles. The first-order valence-electron chi connectivity index (χ1n) is 8.40. The normalized spacial score (nSPS) is 11.0. The molecular formula is C20H22Br2N2O2. The zero-order valence-corrected chi connectivity index (χ0v) is 18.3. The number of hydrazone groups is 1. The molecular weight excluding hydrogens is 460 g/mol. The van der Waals surface area contributed by atoms with Crippen molar-refractivity contribution in [3.05, 3.63) is 61.5 Å². The molecule has 0 heterocycles. The summed E-state index contributed by atoms with van der Waals surface area (Å²) in [5.41, 5.74) is 6.73. The number of halogens is 2. The van der Waals surface area contributed by atoms with Crippen molar-refractivity contribution in [3.8, 4) is 5.75 Å². The van der Waals surface area contributed by atoms with Gasteiger partial charge in [-0.05, 0) is 81.0 Å². The summed E-state index contributed by atoms with van der Waals surface area (Å²) in [4.78, 5) is 12.1. The van der Waals surface area contributed by atoms with Gasteiger partial charge in [0.2, 0.25) is 5.91 Å². The third-order valence-corrected chi connectivity index (χ3v) is 4.90. The van der Waals surface area contributed by atoms with E-state index in [0.717, 1.165) is 37.8 Å². The van der Waals surface area contributed by atoms with E-state index < -0.39 is 0 Å². The number of benzene rings is 2. The van der Waals surface area contributed by atoms with E-state index in [9.17, 15) is 4.79 Å². The number of carbonyl (C=O) groups is 1. The molecule has 0 radical (unpaired) electrons. The first kappa shape index (κ1) is 20.6. The summed E-state index contributed by atoms with van der Waals surface area (Å²) in [6, 6.07) is 9.86. The van der Waals surface area contributed by atoms with Gasteiger partial charge in [-0.3, -0.25) is 4.79 Å². The third kappa shape index (κ3) is 5.95. The predicted molar refractivity (Wildman–Crippen MR) is 113 cm³/mol. The molecule has 2 rings (SSSR count). The fourth-order valence-electron chi connectivity index (χ4n) is 2.43. The number of nitrogens with zero attached hydrogens (tertiary/aromatic N) is 1. The van der Waals surface area contributed by atoms with Crippen molar-refractivity contribution < 1.29 is 9.53 Å². The van der Waals surface area contributed by atoms with Crippen LogP contribution in [0.5, 0.6) is 5.75 Å². The van der Waals surface area contributed by atoms with E-state index in [4.69, 9.17) is 4.74 Å². The van der Waals surface area contributed by atoms with Gasteiger partial charge >= 0.3 is 0 Å². The third-order valence-electron chi connectivity index (χ3n) is 3.72. The number of hydrogen-bond acceptors (Lipinski definition) is 3. The summed E-state index contributed by atoms with van der Waals surface area (Å²) < 4.78 is 7.37. The molecule has 2 aromatic rings. The average molecular weight is 482 g/mol. The molecule has 4 nitrogen and oxygen atoms in total. The topological polar surface area (TPSA) is 50.7 Å². The summed E-state index contributed by atoms with van der Waals surface area (Å²) in [6.45, 7) is 6.76. The lowest BCUT2D eigenvalue weighted by molar-refractivity contribution is -0.120. The maximum atomic E-state index is 12.1. The summed E-state index contributed by atoms with van der Waals surface area (Å²) in [5, 5.41) is 4.05. The fourth-order valence-corrected chi connectivity index (χ4v) is 3.88. The maximum absolute atomic E-state index is 12.1. The van der Waals surface area contributed by atoms with Crippen LogP contribution in [0.4, 0.5) is 0 Å². The van der Waals surface area contributed by atoms with Crippen molar-refractivity contribution in [2.75, 3.05) is 6.61 Å². The number of aryl methyl sites for hydroxylation is 2. The highest BCUT2D eigenvalue weighted by molar-refractivity contribution is 9.11. The maximum Gasteiger partial charge on any atom is 0.244 e. The molecule has 1 N–H and O–H groups in total. The van der Waals surface area contributed by atoms with Gasteiger partial charge in [-0.2, -0.15) is 5.10 Å². The summed E-state index contributed by atoms with van der Waals surface area (Å²) in [6.07, 6.45) is 2.86. The Morgan fingerprint density at radius 3 is 2.50 bits per heavy atom. The Balaban J connectivity index is 1.98. The zero-order valence-electron chi connectivity index (χ0n) is 15.1. The van der Waals surface area contributed by atoms with Gasteiger partial charge < -0.3 is 4.74 Å². The highest BCUT2D eigenvalue weighted by Gasteiger charge is 2.08. The first-order valence-corrected chi connectivity index (χ1v) is 9.99. The highest BCUT2D eigenvalue weighted by atomic mass is 79.9. The molecule has 0 unspecified atom stereocenters. The number of hydrogen-bond donors (Lipinski definition) is 1. The first-order chi connectivity index (χ1) is 12.4. The minimum absolute atomic E-state index is 0.144. The Hall–Kier alpha value is -1.66. The van der Waals surface area contributed by atoms with Gasteiger partial charge in [0.1, 0.15) is 5.75 Å². The van der Waals surface area contributed by atoms with Gasteiger partial charge in [0.15, 0.2) is 0 Å². The molecule has 0 bridgehead atoms. The molecule has 0 fully saturated rings. The molecule has 0 atom stereocenters. The van der Waals surface area contributed by atoms with E-state index >= 15 is 0 Å². The predicted octanol–water partition coefficient (Wildman–Crippen LogP) is 5.31. The molecule has 2 aromatic carbocycles. The molecule has 0 aromatic heterocycles. The molecule has 26 heavy (non-hydrogen) atoms. The summed E-state index contributed by atoms with van der Waals surface area (Å²) in [5.74, 6) is 0.622. The Morgan fingerprint density at radius 1 is 1.19 bits per heavy atom. The molecule has 6 heteroatoms. The Labute approximate surface area is 171 Å². The minimum Gasteiger partial charge on any atom is -0.491 e. The van der Waals surface area contributed by atoms with Crippen molar-refractivity contribution in [1.82, 2.24) is 5.43 Å². The van der Waals surface area contributed by atoms with Crippen LogP contribution in [0.25, 0.3) is 0 Å². The number of amides is 1. The Bertz CT molecular complexity index is 796. The molecule has 0 aliphatic rings. The molecule has 1 amide bonds. The van der Waals surface area contributed by atoms with Crippen molar-refractivity contribution in [3.63, 3.8) is 0 Å². The standard InChI is InChI=1S/C20H22Br2N2O2/c1-4-7-26-20-17(21)9-15(10-18(20)22)12-23-24-19(25)11-16-6-5-13(2)8-14(16)3/h5-6,8-10,12H,4,7,11H2,1-3H3,(H,24,25)/b23-12-. The van der Waals surface area contributed by atoms with Gasteiger partial charge in [-0.25, -0.2) is 5.43 Å². The smallest absolute Gasteiger partial charge is 0.244 e. The number of nitrogens with one attached hydrogen (secondary N) is 1. The van der Waals surface area contributed by atoms with Gasteiger partial charge in [0.05, 0.1) is 28.2 Å². The van der Waals surface area contributed by atoms with E-state index in [1.54, 1.807) is 6.21 Å². The van der Waals surface area contributed by atoms with Crippen molar-refractivity contribution >= 4 is 44.0 Å². The minimum atomic E-state index is -0.144. The number of ether oxygens (including phenoxy) is 1. The second-order valence-electron chi connectivity index (χ2n) is 6.06. The Kier molecular flexibility index (Phi) is 7.85. The van der Waals surface area contributed by atoms with Crippen LogP contribution >= 0.6 is 31.9 Å². The van der Waals surface area contributed by atoms with E-state index in [-0.39, 0.29) is 5.91 Å². The molecule has 0 spiro atoms. The van der Waals surface area contributed by atoms with Crippen LogP contribution in [0, 0.1) is 13.8 Å². The van der Waals surface area contributed by atoms with E-state index in [1.165, 1.54) is 5.56 Å².